The van der Waals surface area contributed by atoms with Crippen LogP contribution in [0.3, 0.4) is 0 Å². The molecule has 1 aliphatic carbocycles. The second kappa shape index (κ2) is 10.4. The molecule has 1 aromatic carbocycles. The molecular formula is C26H36N4O3. The molecule has 0 saturated heterocycles. The number of methoxy groups -OCH3 is 1. The van der Waals surface area contributed by atoms with E-state index in [-0.39, 0.29) is 17.9 Å². The number of rotatable bonds is 8. The number of imidazole rings is 1. The highest BCUT2D eigenvalue weighted by molar-refractivity contribution is 5.94. The Morgan fingerprint density at radius 2 is 2.09 bits per heavy atom. The quantitative estimate of drug-likeness (QED) is 0.626. The van der Waals surface area contributed by atoms with Gasteiger partial charge < -0.3 is 15.2 Å². The first kappa shape index (κ1) is 24.8. The van der Waals surface area contributed by atoms with Crippen LogP contribution in [-0.2, 0) is 12.8 Å². The maximum absolute atomic E-state index is 13.0. The number of aliphatic hydroxyl groups is 1. The van der Waals surface area contributed by atoms with Gasteiger partial charge in [0.1, 0.15) is 17.6 Å². The fourth-order valence-electron chi connectivity index (χ4n) is 4.53. The number of aryl methyl sites for hydroxylation is 1. The molecule has 1 aromatic heterocycles. The highest BCUT2D eigenvalue weighted by atomic mass is 16.5. The topological polar surface area (TPSA) is 100 Å². The predicted octanol–water partition coefficient (Wildman–Crippen LogP) is 4.18. The Morgan fingerprint density at radius 3 is 2.67 bits per heavy atom. The van der Waals surface area contributed by atoms with Crippen LogP contribution in [0.15, 0.2) is 18.2 Å². The second-order valence-electron chi connectivity index (χ2n) is 9.72. The van der Waals surface area contributed by atoms with Gasteiger partial charge in [0.15, 0.2) is 11.4 Å². The maximum Gasteiger partial charge on any atom is 0.273 e. The van der Waals surface area contributed by atoms with E-state index < -0.39 is 11.5 Å². The Hall–Kier alpha value is -2.85. The van der Waals surface area contributed by atoms with Crippen LogP contribution >= 0.6 is 0 Å². The number of nitriles is 1. The standard InChI is InChI=1S/C26H36N4O3/c1-6-23-29-24(25(31)28-16-26(32)11-9-18(4)10-12-26)21(15-27)30(23)20-8-7-19(13-17(2)3)14-22(20)33-5/h7-8,14,17-18,32H,6,9-13,16H2,1-5H3,(H,28,31). The monoisotopic (exact) mass is 452 g/mol. The van der Waals surface area contributed by atoms with E-state index in [1.165, 1.54) is 0 Å². The molecule has 0 aliphatic heterocycles. The van der Waals surface area contributed by atoms with E-state index in [1.807, 2.05) is 25.1 Å². The van der Waals surface area contributed by atoms with Gasteiger partial charge in [0.2, 0.25) is 0 Å². The predicted molar refractivity (Wildman–Crippen MR) is 128 cm³/mol. The van der Waals surface area contributed by atoms with E-state index in [2.05, 4.69) is 37.1 Å². The zero-order chi connectivity index (χ0) is 24.2. The number of carbonyl (C=O) groups excluding carboxylic acids is 1. The molecule has 2 aromatic rings. The lowest BCUT2D eigenvalue weighted by atomic mass is 9.79. The molecule has 0 bridgehead atoms. The zero-order valence-electron chi connectivity index (χ0n) is 20.4. The third kappa shape index (κ3) is 5.56. The SMILES string of the molecule is CCc1nc(C(=O)NCC2(O)CCC(C)CC2)c(C#N)n1-c1ccc(CC(C)C)cc1OC. The molecule has 7 nitrogen and oxygen atoms in total. The summed E-state index contributed by atoms with van der Waals surface area (Å²) < 4.78 is 7.36. The lowest BCUT2D eigenvalue weighted by molar-refractivity contribution is -0.00543. The van der Waals surface area contributed by atoms with Crippen molar-refractivity contribution in [3.8, 4) is 17.5 Å². The minimum atomic E-state index is -0.902. The van der Waals surface area contributed by atoms with Gasteiger partial charge in [0.05, 0.1) is 18.4 Å². The molecule has 0 unspecified atom stereocenters. The van der Waals surface area contributed by atoms with Crippen LogP contribution in [0.2, 0.25) is 0 Å². The maximum atomic E-state index is 13.0. The van der Waals surface area contributed by atoms with Crippen LogP contribution in [-0.4, -0.2) is 39.8 Å². The largest absolute Gasteiger partial charge is 0.495 e. The number of amides is 1. The van der Waals surface area contributed by atoms with Crippen molar-refractivity contribution in [2.24, 2.45) is 11.8 Å². The number of benzene rings is 1. The van der Waals surface area contributed by atoms with Crippen molar-refractivity contribution in [1.29, 1.82) is 5.26 Å². The van der Waals surface area contributed by atoms with Gasteiger partial charge in [-0.1, -0.05) is 33.8 Å². The molecule has 1 saturated carbocycles. The lowest BCUT2D eigenvalue weighted by Gasteiger charge is -2.34. The summed E-state index contributed by atoms with van der Waals surface area (Å²) in [4.78, 5) is 17.5. The lowest BCUT2D eigenvalue weighted by Crippen LogP contribution is -2.45. The summed E-state index contributed by atoms with van der Waals surface area (Å²) in [5, 5.41) is 23.6. The van der Waals surface area contributed by atoms with E-state index in [1.54, 1.807) is 11.7 Å². The van der Waals surface area contributed by atoms with Gasteiger partial charge in [-0.3, -0.25) is 9.36 Å². The Bertz CT molecular complexity index is 1030. The molecule has 0 atom stereocenters. The fourth-order valence-corrected chi connectivity index (χ4v) is 4.53. The van der Waals surface area contributed by atoms with Crippen molar-refractivity contribution >= 4 is 5.91 Å². The molecular weight excluding hydrogens is 416 g/mol. The third-order valence-electron chi connectivity index (χ3n) is 6.50. The molecule has 0 spiro atoms. The van der Waals surface area contributed by atoms with Crippen molar-refractivity contribution in [3.63, 3.8) is 0 Å². The highest BCUT2D eigenvalue weighted by Gasteiger charge is 2.33. The van der Waals surface area contributed by atoms with Crippen molar-refractivity contribution in [1.82, 2.24) is 14.9 Å². The van der Waals surface area contributed by atoms with Crippen LogP contribution in [0.4, 0.5) is 0 Å². The minimum absolute atomic E-state index is 0.0791. The summed E-state index contributed by atoms with van der Waals surface area (Å²) in [6.07, 6.45) is 4.67. The van der Waals surface area contributed by atoms with Crippen molar-refractivity contribution < 1.29 is 14.6 Å². The summed E-state index contributed by atoms with van der Waals surface area (Å²) in [5.41, 5.74) is 1.18. The van der Waals surface area contributed by atoms with E-state index in [4.69, 9.17) is 4.74 Å². The number of hydrogen-bond donors (Lipinski definition) is 2. The molecule has 1 fully saturated rings. The van der Waals surface area contributed by atoms with Gasteiger partial charge in [-0.2, -0.15) is 5.26 Å². The molecule has 1 heterocycles. The van der Waals surface area contributed by atoms with Gasteiger partial charge in [-0.15, -0.1) is 0 Å². The summed E-state index contributed by atoms with van der Waals surface area (Å²) in [7, 11) is 1.60. The molecule has 33 heavy (non-hydrogen) atoms. The molecule has 7 heteroatoms. The minimum Gasteiger partial charge on any atom is -0.495 e. The molecule has 1 aliphatic rings. The van der Waals surface area contributed by atoms with E-state index in [9.17, 15) is 15.2 Å². The van der Waals surface area contributed by atoms with Crippen LogP contribution in [0, 0.1) is 23.2 Å². The van der Waals surface area contributed by atoms with Crippen molar-refractivity contribution in [2.75, 3.05) is 13.7 Å². The van der Waals surface area contributed by atoms with Gasteiger partial charge in [-0.25, -0.2) is 4.98 Å². The molecule has 178 valence electrons. The number of hydrogen-bond acceptors (Lipinski definition) is 5. The smallest absolute Gasteiger partial charge is 0.273 e. The van der Waals surface area contributed by atoms with Crippen LogP contribution in [0.1, 0.15) is 80.9 Å². The Kier molecular flexibility index (Phi) is 7.80. The summed E-state index contributed by atoms with van der Waals surface area (Å²) in [6, 6.07) is 8.10. The number of nitrogens with one attached hydrogen (secondary N) is 1. The average molecular weight is 453 g/mol. The van der Waals surface area contributed by atoms with E-state index in [0.717, 1.165) is 24.8 Å². The van der Waals surface area contributed by atoms with Crippen LogP contribution in [0.25, 0.3) is 5.69 Å². The Balaban J connectivity index is 1.92. The van der Waals surface area contributed by atoms with E-state index in [0.29, 0.717) is 48.4 Å². The normalized spacial score (nSPS) is 20.5. The van der Waals surface area contributed by atoms with Crippen molar-refractivity contribution in [2.45, 2.75) is 71.8 Å². The first-order chi connectivity index (χ1) is 15.7. The summed E-state index contributed by atoms with van der Waals surface area (Å²) >= 11 is 0. The Labute approximate surface area is 196 Å². The first-order valence-corrected chi connectivity index (χ1v) is 11.9. The summed E-state index contributed by atoms with van der Waals surface area (Å²) in [6.45, 7) is 8.60. The number of aromatic nitrogens is 2. The van der Waals surface area contributed by atoms with Gasteiger partial charge in [-0.05, 0) is 61.6 Å². The average Bonchev–Trinajstić information content (AvgIpc) is 3.18. The van der Waals surface area contributed by atoms with Crippen LogP contribution < -0.4 is 10.1 Å². The number of carbonyl (C=O) groups is 1. The first-order valence-electron chi connectivity index (χ1n) is 11.9. The van der Waals surface area contributed by atoms with Gasteiger partial charge in [0.25, 0.3) is 5.91 Å². The van der Waals surface area contributed by atoms with E-state index >= 15 is 0 Å². The number of ether oxygens (including phenoxy) is 1. The molecule has 3 rings (SSSR count). The Morgan fingerprint density at radius 1 is 1.39 bits per heavy atom. The number of nitrogens with zero attached hydrogens (tertiary/aromatic N) is 3. The summed E-state index contributed by atoms with van der Waals surface area (Å²) in [5.74, 6) is 1.90. The van der Waals surface area contributed by atoms with Gasteiger partial charge >= 0.3 is 0 Å². The van der Waals surface area contributed by atoms with Crippen molar-refractivity contribution in [3.05, 3.63) is 41.0 Å². The molecule has 0 radical (unpaired) electrons. The molecule has 1 amide bonds. The van der Waals surface area contributed by atoms with Crippen LogP contribution in [0.5, 0.6) is 5.75 Å². The fraction of sp³-hybridized carbons (Fsp3) is 0.577. The third-order valence-corrected chi connectivity index (χ3v) is 6.50. The van der Waals surface area contributed by atoms with Gasteiger partial charge in [0, 0.05) is 13.0 Å². The highest BCUT2D eigenvalue weighted by Crippen LogP contribution is 2.32. The molecule has 2 N–H and O–H groups in total. The second-order valence-corrected chi connectivity index (χ2v) is 9.72. The zero-order valence-corrected chi connectivity index (χ0v) is 20.4.